The molecule has 6 heteroatoms. The number of tetrazole rings is 1. The van der Waals surface area contributed by atoms with Crippen molar-refractivity contribution in [1.29, 1.82) is 0 Å². The lowest BCUT2D eigenvalue weighted by molar-refractivity contribution is 0.630. The Morgan fingerprint density at radius 2 is 2.28 bits per heavy atom. The minimum atomic E-state index is 0.657. The summed E-state index contributed by atoms with van der Waals surface area (Å²) in [5.74, 6) is 0.657. The van der Waals surface area contributed by atoms with E-state index in [2.05, 4.69) is 32.9 Å². The van der Waals surface area contributed by atoms with Gasteiger partial charge < -0.3 is 5.73 Å². The first-order chi connectivity index (χ1) is 8.78. The van der Waals surface area contributed by atoms with E-state index in [9.17, 15) is 0 Å². The third-order valence-corrected chi connectivity index (χ3v) is 3.85. The molecule has 0 bridgehead atoms. The van der Waals surface area contributed by atoms with Gasteiger partial charge in [-0.2, -0.15) is 4.80 Å². The Labute approximate surface area is 108 Å². The Kier molecular flexibility index (Phi) is 2.81. The molecule has 0 aliphatic rings. The molecule has 5 nitrogen and oxygen atoms in total. The van der Waals surface area contributed by atoms with E-state index in [1.165, 1.54) is 20.4 Å². The number of hydrogen-bond donors (Lipinski definition) is 1. The Balaban J connectivity index is 2.11. The number of benzene rings is 1. The first kappa shape index (κ1) is 11.3. The predicted octanol–water partition coefficient (Wildman–Crippen LogP) is 1.59. The van der Waals surface area contributed by atoms with Crippen molar-refractivity contribution in [3.8, 4) is 11.4 Å². The quantitative estimate of drug-likeness (QED) is 0.775. The fourth-order valence-corrected chi connectivity index (χ4v) is 2.95. The monoisotopic (exact) mass is 259 g/mol. The van der Waals surface area contributed by atoms with Crippen LogP contribution in [0.25, 0.3) is 21.5 Å². The van der Waals surface area contributed by atoms with Crippen molar-refractivity contribution in [3.63, 3.8) is 0 Å². The summed E-state index contributed by atoms with van der Waals surface area (Å²) < 4.78 is 1.27. The van der Waals surface area contributed by atoms with Gasteiger partial charge in [-0.05, 0) is 52.7 Å². The van der Waals surface area contributed by atoms with E-state index in [1.54, 1.807) is 18.4 Å². The molecule has 3 rings (SSSR count). The summed E-state index contributed by atoms with van der Waals surface area (Å²) in [4.78, 5) is 1.47. The number of fused-ring (bicyclic) bond motifs is 1. The maximum absolute atomic E-state index is 5.63. The molecule has 0 spiro atoms. The molecule has 0 radical (unpaired) electrons. The molecular weight excluding hydrogens is 246 g/mol. The van der Waals surface area contributed by atoms with Crippen LogP contribution in [0.5, 0.6) is 0 Å². The lowest BCUT2D eigenvalue weighted by Gasteiger charge is -1.99. The molecule has 0 fully saturated rings. The van der Waals surface area contributed by atoms with Crippen LogP contribution in [0.3, 0.4) is 0 Å². The SMILES string of the molecule is Cn1nnc(-c2ccc3scc(CCN)c3c2)n1. The van der Waals surface area contributed by atoms with Crippen LogP contribution in [0.4, 0.5) is 0 Å². The summed E-state index contributed by atoms with van der Waals surface area (Å²) in [7, 11) is 1.76. The molecule has 18 heavy (non-hydrogen) atoms. The van der Waals surface area contributed by atoms with E-state index in [0.717, 1.165) is 12.0 Å². The third-order valence-electron chi connectivity index (χ3n) is 2.83. The standard InChI is InChI=1S/C12H13N5S/c1-17-15-12(14-16-17)8-2-3-11-10(6-8)9(4-5-13)7-18-11/h2-3,6-7H,4-5,13H2,1H3. The highest BCUT2D eigenvalue weighted by atomic mass is 32.1. The Bertz CT molecular complexity index is 685. The number of thiophene rings is 1. The van der Waals surface area contributed by atoms with Gasteiger partial charge in [0.25, 0.3) is 0 Å². The number of aryl methyl sites for hydroxylation is 1. The van der Waals surface area contributed by atoms with E-state index < -0.39 is 0 Å². The van der Waals surface area contributed by atoms with Crippen LogP contribution in [0, 0.1) is 0 Å². The zero-order valence-electron chi connectivity index (χ0n) is 10.00. The maximum atomic E-state index is 5.63. The van der Waals surface area contributed by atoms with Crippen LogP contribution in [-0.2, 0) is 13.5 Å². The van der Waals surface area contributed by atoms with Crippen molar-refractivity contribution in [2.75, 3.05) is 6.54 Å². The second kappa shape index (κ2) is 4.47. The van der Waals surface area contributed by atoms with Gasteiger partial charge in [0.15, 0.2) is 0 Å². The first-order valence-electron chi connectivity index (χ1n) is 5.72. The Hall–Kier alpha value is -1.79. The average Bonchev–Trinajstić information content (AvgIpc) is 2.96. The van der Waals surface area contributed by atoms with Gasteiger partial charge in [0.1, 0.15) is 0 Å². The number of rotatable bonds is 3. The minimum absolute atomic E-state index is 0.657. The molecule has 0 atom stereocenters. The van der Waals surface area contributed by atoms with Crippen molar-refractivity contribution >= 4 is 21.4 Å². The van der Waals surface area contributed by atoms with Crippen LogP contribution in [0.2, 0.25) is 0 Å². The van der Waals surface area contributed by atoms with Gasteiger partial charge >= 0.3 is 0 Å². The highest BCUT2D eigenvalue weighted by Gasteiger charge is 2.08. The van der Waals surface area contributed by atoms with Gasteiger partial charge in [0, 0.05) is 10.3 Å². The van der Waals surface area contributed by atoms with E-state index in [1.807, 2.05) is 6.07 Å². The minimum Gasteiger partial charge on any atom is -0.330 e. The lowest BCUT2D eigenvalue weighted by atomic mass is 10.1. The zero-order valence-corrected chi connectivity index (χ0v) is 10.8. The summed E-state index contributed by atoms with van der Waals surface area (Å²) in [6.07, 6.45) is 0.900. The molecule has 0 aliphatic carbocycles. The summed E-state index contributed by atoms with van der Waals surface area (Å²) in [5, 5.41) is 15.5. The van der Waals surface area contributed by atoms with Crippen LogP contribution >= 0.6 is 11.3 Å². The molecule has 0 unspecified atom stereocenters. The Morgan fingerprint density at radius 1 is 1.39 bits per heavy atom. The van der Waals surface area contributed by atoms with E-state index in [0.29, 0.717) is 12.4 Å². The summed E-state index contributed by atoms with van der Waals surface area (Å²) >= 11 is 1.75. The van der Waals surface area contributed by atoms with Crippen LogP contribution in [0.1, 0.15) is 5.56 Å². The van der Waals surface area contributed by atoms with Crippen molar-refractivity contribution < 1.29 is 0 Å². The zero-order chi connectivity index (χ0) is 12.5. The normalized spacial score (nSPS) is 11.2. The maximum Gasteiger partial charge on any atom is 0.204 e. The smallest absolute Gasteiger partial charge is 0.204 e. The molecule has 0 amide bonds. The molecule has 2 heterocycles. The molecule has 2 N–H and O–H groups in total. The molecule has 0 saturated heterocycles. The van der Waals surface area contributed by atoms with Crippen molar-refractivity contribution in [1.82, 2.24) is 20.2 Å². The Morgan fingerprint density at radius 3 is 3.00 bits per heavy atom. The molecule has 0 saturated carbocycles. The molecule has 92 valence electrons. The van der Waals surface area contributed by atoms with Gasteiger partial charge in [-0.15, -0.1) is 21.5 Å². The van der Waals surface area contributed by atoms with Crippen LogP contribution in [-0.4, -0.2) is 26.8 Å². The van der Waals surface area contributed by atoms with Gasteiger partial charge in [0.2, 0.25) is 5.82 Å². The van der Waals surface area contributed by atoms with Crippen LogP contribution < -0.4 is 5.73 Å². The lowest BCUT2D eigenvalue weighted by Crippen LogP contribution is -2.01. The summed E-state index contributed by atoms with van der Waals surface area (Å²) in [5.41, 5.74) is 7.92. The topological polar surface area (TPSA) is 69.6 Å². The fourth-order valence-electron chi connectivity index (χ4n) is 1.97. The molecule has 1 aromatic carbocycles. The first-order valence-corrected chi connectivity index (χ1v) is 6.60. The largest absolute Gasteiger partial charge is 0.330 e. The van der Waals surface area contributed by atoms with Crippen molar-refractivity contribution in [3.05, 3.63) is 29.1 Å². The number of nitrogens with two attached hydrogens (primary N) is 1. The van der Waals surface area contributed by atoms with E-state index in [4.69, 9.17) is 5.73 Å². The van der Waals surface area contributed by atoms with E-state index in [-0.39, 0.29) is 0 Å². The predicted molar refractivity (Wildman–Crippen MR) is 72.4 cm³/mol. The average molecular weight is 259 g/mol. The van der Waals surface area contributed by atoms with Gasteiger partial charge in [0.05, 0.1) is 7.05 Å². The fraction of sp³-hybridized carbons (Fsp3) is 0.250. The second-order valence-corrected chi connectivity index (χ2v) is 5.02. The highest BCUT2D eigenvalue weighted by molar-refractivity contribution is 7.17. The number of aromatic nitrogens is 4. The summed E-state index contributed by atoms with van der Waals surface area (Å²) in [6.45, 7) is 0.666. The highest BCUT2D eigenvalue weighted by Crippen LogP contribution is 2.29. The van der Waals surface area contributed by atoms with Crippen molar-refractivity contribution in [2.45, 2.75) is 6.42 Å². The van der Waals surface area contributed by atoms with E-state index >= 15 is 0 Å². The number of hydrogen-bond acceptors (Lipinski definition) is 5. The van der Waals surface area contributed by atoms with Gasteiger partial charge in [-0.25, -0.2) is 0 Å². The van der Waals surface area contributed by atoms with Gasteiger partial charge in [-0.1, -0.05) is 0 Å². The second-order valence-electron chi connectivity index (χ2n) is 4.11. The number of nitrogens with zero attached hydrogens (tertiary/aromatic N) is 4. The van der Waals surface area contributed by atoms with Gasteiger partial charge in [-0.3, -0.25) is 0 Å². The van der Waals surface area contributed by atoms with Crippen molar-refractivity contribution in [2.24, 2.45) is 12.8 Å². The molecule has 3 aromatic rings. The molecule has 0 aliphatic heterocycles. The summed E-state index contributed by atoms with van der Waals surface area (Å²) in [6, 6.07) is 6.25. The molecular formula is C12H13N5S. The molecule has 2 aromatic heterocycles. The third kappa shape index (κ3) is 1.89. The van der Waals surface area contributed by atoms with Crippen LogP contribution in [0.15, 0.2) is 23.6 Å².